The summed E-state index contributed by atoms with van der Waals surface area (Å²) in [7, 11) is -5.57. The highest BCUT2D eigenvalue weighted by atomic mass is 32.2. The fourth-order valence-electron chi connectivity index (χ4n) is 1.76. The smallest absolute Gasteiger partial charge is 0.402 e. The molecule has 0 heterocycles. The number of carbonyl (C=O) groups is 1. The molecule has 0 radical (unpaired) electrons. The van der Waals surface area contributed by atoms with Crippen molar-refractivity contribution >= 4 is 16.1 Å². The minimum absolute atomic E-state index is 0.378. The molecule has 1 saturated carbocycles. The quantitative estimate of drug-likeness (QED) is 0.630. The van der Waals surface area contributed by atoms with E-state index in [4.69, 9.17) is 4.55 Å². The fraction of sp³-hybridized carbons (Fsp3) is 0.900. The van der Waals surface area contributed by atoms with Crippen LogP contribution in [0.25, 0.3) is 0 Å². The molecule has 0 saturated heterocycles. The summed E-state index contributed by atoms with van der Waals surface area (Å²) in [5.41, 5.74) is -1.28. The van der Waals surface area contributed by atoms with E-state index >= 15 is 0 Å². The largest absolute Gasteiger partial charge is 0.458 e. The van der Waals surface area contributed by atoms with E-state index < -0.39 is 33.4 Å². The van der Waals surface area contributed by atoms with Crippen LogP contribution in [0.2, 0.25) is 0 Å². The summed E-state index contributed by atoms with van der Waals surface area (Å²) in [5, 5.41) is -4.48. The van der Waals surface area contributed by atoms with Crippen LogP contribution >= 0.6 is 0 Å². The van der Waals surface area contributed by atoms with Crippen molar-refractivity contribution in [1.29, 1.82) is 0 Å². The summed E-state index contributed by atoms with van der Waals surface area (Å²) in [6.07, 6.45) is 1.25. The zero-order chi connectivity index (χ0) is 14.4. The van der Waals surface area contributed by atoms with Crippen molar-refractivity contribution in [2.75, 3.05) is 6.61 Å². The lowest BCUT2D eigenvalue weighted by molar-refractivity contribution is -0.180. The van der Waals surface area contributed by atoms with Crippen LogP contribution in [0, 0.1) is 10.8 Å². The van der Waals surface area contributed by atoms with Gasteiger partial charge in [-0.15, -0.1) is 0 Å². The van der Waals surface area contributed by atoms with Gasteiger partial charge in [0.05, 0.1) is 5.41 Å². The van der Waals surface area contributed by atoms with Crippen molar-refractivity contribution < 1.29 is 31.3 Å². The van der Waals surface area contributed by atoms with Crippen LogP contribution in [0.4, 0.5) is 8.78 Å². The maximum atomic E-state index is 12.9. The number of rotatable bonds is 4. The zero-order valence-electron chi connectivity index (χ0n) is 10.4. The highest BCUT2D eigenvalue weighted by Crippen LogP contribution is 2.56. The van der Waals surface area contributed by atoms with Crippen molar-refractivity contribution in [2.24, 2.45) is 10.8 Å². The van der Waals surface area contributed by atoms with Crippen LogP contribution in [0.15, 0.2) is 0 Å². The first-order chi connectivity index (χ1) is 7.83. The third-order valence-corrected chi connectivity index (χ3v) is 4.82. The number of hydrogen-bond donors (Lipinski definition) is 1. The third kappa shape index (κ3) is 2.35. The molecule has 0 aliphatic heterocycles. The normalized spacial score (nSPS) is 27.4. The molecular formula is C10H16F2O5S. The topological polar surface area (TPSA) is 80.7 Å². The van der Waals surface area contributed by atoms with Crippen LogP contribution in [0.1, 0.15) is 33.6 Å². The van der Waals surface area contributed by atoms with Crippen LogP contribution in [-0.4, -0.2) is 30.8 Å². The average Bonchev–Trinajstić information content (AvgIpc) is 2.21. The molecule has 1 atom stereocenters. The summed E-state index contributed by atoms with van der Waals surface area (Å²) in [4.78, 5) is 11.7. The Morgan fingerprint density at radius 1 is 1.33 bits per heavy atom. The Morgan fingerprint density at radius 3 is 2.11 bits per heavy atom. The van der Waals surface area contributed by atoms with Gasteiger partial charge in [0.1, 0.15) is 0 Å². The minimum Gasteiger partial charge on any atom is -0.458 e. The molecule has 0 aromatic heterocycles. The van der Waals surface area contributed by atoms with Gasteiger partial charge in [-0.2, -0.15) is 17.2 Å². The molecule has 1 aliphatic carbocycles. The molecule has 0 amide bonds. The van der Waals surface area contributed by atoms with Crippen LogP contribution in [0.5, 0.6) is 0 Å². The van der Waals surface area contributed by atoms with E-state index in [0.29, 0.717) is 6.42 Å². The van der Waals surface area contributed by atoms with Crippen molar-refractivity contribution in [2.45, 2.75) is 38.9 Å². The number of halogens is 2. The molecule has 1 unspecified atom stereocenters. The van der Waals surface area contributed by atoms with Crippen LogP contribution in [-0.2, 0) is 19.6 Å². The molecule has 1 N–H and O–H groups in total. The first-order valence-electron chi connectivity index (χ1n) is 5.36. The van der Waals surface area contributed by atoms with Gasteiger partial charge in [0.25, 0.3) is 0 Å². The second-order valence-electron chi connectivity index (χ2n) is 5.40. The van der Waals surface area contributed by atoms with Crippen molar-refractivity contribution in [3.05, 3.63) is 0 Å². The Kier molecular flexibility index (Phi) is 3.51. The van der Waals surface area contributed by atoms with E-state index in [1.807, 2.05) is 0 Å². The van der Waals surface area contributed by atoms with E-state index in [1.54, 1.807) is 20.8 Å². The molecule has 0 aromatic rings. The summed E-state index contributed by atoms with van der Waals surface area (Å²) in [6, 6.07) is 0. The van der Waals surface area contributed by atoms with Crippen molar-refractivity contribution in [3.8, 4) is 0 Å². The molecule has 1 fully saturated rings. The fourth-order valence-corrected chi connectivity index (χ4v) is 1.97. The van der Waals surface area contributed by atoms with E-state index in [1.165, 1.54) is 0 Å². The number of esters is 1. The number of hydrogen-bond acceptors (Lipinski definition) is 4. The predicted octanol–water partition coefficient (Wildman–Crippen LogP) is 1.84. The SMILES string of the molecule is CC1(C)CCC1(C)C(=O)OCC(F)(F)S(=O)(=O)O. The molecule has 8 heteroatoms. The average molecular weight is 286 g/mol. The molecule has 0 spiro atoms. The molecular weight excluding hydrogens is 270 g/mol. The molecule has 0 bridgehead atoms. The van der Waals surface area contributed by atoms with Gasteiger partial charge in [0.2, 0.25) is 0 Å². The van der Waals surface area contributed by atoms with Gasteiger partial charge >= 0.3 is 21.3 Å². The van der Waals surface area contributed by atoms with E-state index in [9.17, 15) is 22.0 Å². The van der Waals surface area contributed by atoms with Gasteiger partial charge < -0.3 is 4.74 Å². The Balaban J connectivity index is 2.69. The van der Waals surface area contributed by atoms with Gasteiger partial charge in [0, 0.05) is 0 Å². The van der Waals surface area contributed by atoms with E-state index in [-0.39, 0.29) is 5.41 Å². The molecule has 18 heavy (non-hydrogen) atoms. The maximum absolute atomic E-state index is 12.9. The lowest BCUT2D eigenvalue weighted by Crippen LogP contribution is -2.52. The van der Waals surface area contributed by atoms with Crippen LogP contribution < -0.4 is 0 Å². The molecule has 1 aliphatic rings. The third-order valence-electron chi connectivity index (χ3n) is 3.94. The molecule has 5 nitrogen and oxygen atoms in total. The number of ether oxygens (including phenoxy) is 1. The first kappa shape index (κ1) is 15.3. The number of carbonyl (C=O) groups excluding carboxylic acids is 1. The first-order valence-corrected chi connectivity index (χ1v) is 6.80. The van der Waals surface area contributed by atoms with E-state index in [2.05, 4.69) is 4.74 Å². The monoisotopic (exact) mass is 286 g/mol. The Hall–Kier alpha value is -0.760. The maximum Gasteiger partial charge on any atom is 0.402 e. The molecule has 0 aromatic carbocycles. The summed E-state index contributed by atoms with van der Waals surface area (Å²) in [6.45, 7) is 3.53. The van der Waals surface area contributed by atoms with Crippen LogP contribution in [0.3, 0.4) is 0 Å². The Morgan fingerprint density at radius 2 is 1.83 bits per heavy atom. The van der Waals surface area contributed by atoms with Gasteiger partial charge in [-0.05, 0) is 25.2 Å². The zero-order valence-corrected chi connectivity index (χ0v) is 11.2. The lowest BCUT2D eigenvalue weighted by atomic mass is 9.52. The van der Waals surface area contributed by atoms with Gasteiger partial charge in [-0.1, -0.05) is 13.8 Å². The van der Waals surface area contributed by atoms with Crippen molar-refractivity contribution in [1.82, 2.24) is 0 Å². The molecule has 1 rings (SSSR count). The second kappa shape index (κ2) is 4.12. The van der Waals surface area contributed by atoms with Gasteiger partial charge in [-0.25, -0.2) is 0 Å². The molecule has 106 valence electrons. The van der Waals surface area contributed by atoms with Crippen molar-refractivity contribution in [3.63, 3.8) is 0 Å². The standard InChI is InChI=1S/C10H16F2O5S/c1-8(2)4-5-9(8,3)7(13)17-6-10(11,12)18(14,15)16/h4-6H2,1-3H3,(H,14,15,16). The number of alkyl halides is 2. The Labute approximate surface area is 104 Å². The predicted molar refractivity (Wildman–Crippen MR) is 58.6 cm³/mol. The highest BCUT2D eigenvalue weighted by molar-refractivity contribution is 7.86. The van der Waals surface area contributed by atoms with Gasteiger partial charge in [-0.3, -0.25) is 9.35 Å². The lowest BCUT2D eigenvalue weighted by Gasteiger charge is -2.51. The summed E-state index contributed by atoms with van der Waals surface area (Å²) < 4.78 is 59.1. The van der Waals surface area contributed by atoms with Gasteiger partial charge in [0.15, 0.2) is 6.61 Å². The Bertz CT molecular complexity index is 457. The summed E-state index contributed by atoms with van der Waals surface area (Å²) in [5.74, 6) is -0.873. The minimum atomic E-state index is -5.57. The highest BCUT2D eigenvalue weighted by Gasteiger charge is 2.56. The summed E-state index contributed by atoms with van der Waals surface area (Å²) >= 11 is 0. The van der Waals surface area contributed by atoms with E-state index in [0.717, 1.165) is 6.42 Å². The second-order valence-corrected chi connectivity index (χ2v) is 6.95.